The van der Waals surface area contributed by atoms with Gasteiger partial charge in [-0.25, -0.2) is 8.78 Å². The second-order valence-corrected chi connectivity index (χ2v) is 5.65. The molecule has 3 rings (SSSR count). The van der Waals surface area contributed by atoms with Crippen LogP contribution in [-0.2, 0) is 16.0 Å². The molecule has 0 aromatic heterocycles. The highest BCUT2D eigenvalue weighted by atomic mass is 19.2. The van der Waals surface area contributed by atoms with Crippen LogP contribution in [0.4, 0.5) is 14.5 Å². The second kappa shape index (κ2) is 6.78. The lowest BCUT2D eigenvalue weighted by molar-refractivity contribution is -0.138. The minimum atomic E-state index is -1.00. The lowest BCUT2D eigenvalue weighted by atomic mass is 10.1. The highest BCUT2D eigenvalue weighted by Crippen LogP contribution is 2.20. The monoisotopic (exact) mass is 330 g/mol. The number of carbonyl (C=O) groups excluding carboxylic acids is 2. The number of hydrogen-bond acceptors (Lipinski definition) is 3. The number of benzene rings is 2. The zero-order valence-corrected chi connectivity index (χ0v) is 12.8. The van der Waals surface area contributed by atoms with Gasteiger partial charge in [-0.15, -0.1) is 0 Å². The van der Waals surface area contributed by atoms with Gasteiger partial charge in [-0.1, -0.05) is 30.3 Å². The van der Waals surface area contributed by atoms with E-state index >= 15 is 0 Å². The molecule has 1 saturated heterocycles. The fraction of sp³-hybridized carbons (Fsp3) is 0.222. The van der Waals surface area contributed by atoms with Crippen molar-refractivity contribution < 1.29 is 18.4 Å². The van der Waals surface area contributed by atoms with Crippen molar-refractivity contribution in [3.05, 3.63) is 65.7 Å². The van der Waals surface area contributed by atoms with Gasteiger partial charge in [0.05, 0.1) is 6.42 Å². The molecule has 0 saturated carbocycles. The topological polar surface area (TPSA) is 49.4 Å². The summed E-state index contributed by atoms with van der Waals surface area (Å²) in [5.74, 6) is -2.58. The Balaban J connectivity index is 1.64. The maximum Gasteiger partial charge on any atom is 0.252 e. The number of amides is 2. The standard InChI is InChI=1S/C18H16F2N2O2/c19-14-7-6-13(10-15(14)20)21-16-11-17(23)22(18(16)24)9-8-12-4-2-1-3-5-12/h1-7,10,16,21H,8-9,11H2/t16-/m0/s1. The summed E-state index contributed by atoms with van der Waals surface area (Å²) >= 11 is 0. The number of likely N-dealkylation sites (tertiary alicyclic amines) is 1. The van der Waals surface area contributed by atoms with Crippen LogP contribution in [0, 0.1) is 11.6 Å². The van der Waals surface area contributed by atoms with Crippen LogP contribution in [0.2, 0.25) is 0 Å². The Kier molecular flexibility index (Phi) is 4.55. The molecule has 1 aliphatic heterocycles. The summed E-state index contributed by atoms with van der Waals surface area (Å²) in [5, 5.41) is 2.80. The Morgan fingerprint density at radius 2 is 1.79 bits per heavy atom. The Morgan fingerprint density at radius 3 is 2.50 bits per heavy atom. The Bertz CT molecular complexity index is 765. The molecule has 0 radical (unpaired) electrons. The zero-order chi connectivity index (χ0) is 17.1. The minimum Gasteiger partial charge on any atom is -0.373 e. The third kappa shape index (κ3) is 3.42. The van der Waals surface area contributed by atoms with E-state index in [1.54, 1.807) is 0 Å². The van der Waals surface area contributed by atoms with Crippen LogP contribution in [0.25, 0.3) is 0 Å². The summed E-state index contributed by atoms with van der Waals surface area (Å²) in [6, 6.07) is 12.1. The molecule has 1 aliphatic rings. The maximum absolute atomic E-state index is 13.2. The third-order valence-corrected chi connectivity index (χ3v) is 3.97. The number of hydrogen-bond donors (Lipinski definition) is 1. The van der Waals surface area contributed by atoms with Gasteiger partial charge in [0.1, 0.15) is 6.04 Å². The molecule has 1 heterocycles. The van der Waals surface area contributed by atoms with Gasteiger partial charge >= 0.3 is 0 Å². The SMILES string of the molecule is O=C1C[C@H](Nc2ccc(F)c(F)c2)C(=O)N1CCc1ccccc1. The normalized spacial score (nSPS) is 17.4. The number of rotatable bonds is 5. The number of anilines is 1. The maximum atomic E-state index is 13.2. The zero-order valence-electron chi connectivity index (χ0n) is 12.8. The van der Waals surface area contributed by atoms with Crippen molar-refractivity contribution in [2.24, 2.45) is 0 Å². The molecule has 0 aliphatic carbocycles. The summed E-state index contributed by atoms with van der Waals surface area (Å²) in [7, 11) is 0. The van der Waals surface area contributed by atoms with E-state index in [4.69, 9.17) is 0 Å². The first-order valence-electron chi connectivity index (χ1n) is 7.64. The Hall–Kier alpha value is -2.76. The van der Waals surface area contributed by atoms with Gasteiger partial charge in [0, 0.05) is 18.3 Å². The molecule has 124 valence electrons. The van der Waals surface area contributed by atoms with E-state index in [0.717, 1.165) is 17.7 Å². The first-order chi connectivity index (χ1) is 11.5. The quantitative estimate of drug-likeness (QED) is 0.858. The van der Waals surface area contributed by atoms with Gasteiger partial charge < -0.3 is 5.32 Å². The first kappa shape index (κ1) is 16.1. The molecule has 2 amide bonds. The van der Waals surface area contributed by atoms with Crippen LogP contribution < -0.4 is 5.32 Å². The average Bonchev–Trinajstić information content (AvgIpc) is 2.84. The predicted octanol–water partition coefficient (Wildman–Crippen LogP) is 2.75. The summed E-state index contributed by atoms with van der Waals surface area (Å²) < 4.78 is 26.2. The first-order valence-corrected chi connectivity index (χ1v) is 7.64. The molecule has 4 nitrogen and oxygen atoms in total. The largest absolute Gasteiger partial charge is 0.373 e. The van der Waals surface area contributed by atoms with E-state index in [1.807, 2.05) is 30.3 Å². The summed E-state index contributed by atoms with van der Waals surface area (Å²) in [5.41, 5.74) is 1.31. The van der Waals surface area contributed by atoms with E-state index in [0.29, 0.717) is 13.0 Å². The van der Waals surface area contributed by atoms with Gasteiger partial charge in [0.25, 0.3) is 5.91 Å². The number of carbonyl (C=O) groups is 2. The van der Waals surface area contributed by atoms with Crippen molar-refractivity contribution in [2.45, 2.75) is 18.9 Å². The molecule has 2 aromatic carbocycles. The van der Waals surface area contributed by atoms with Crippen molar-refractivity contribution in [3.8, 4) is 0 Å². The highest BCUT2D eigenvalue weighted by Gasteiger charge is 2.38. The molecular formula is C18H16F2N2O2. The summed E-state index contributed by atoms with van der Waals surface area (Å²) in [4.78, 5) is 25.6. The number of nitrogens with zero attached hydrogens (tertiary/aromatic N) is 1. The van der Waals surface area contributed by atoms with Gasteiger partial charge in [-0.05, 0) is 24.1 Å². The fourth-order valence-corrected chi connectivity index (χ4v) is 2.70. The van der Waals surface area contributed by atoms with E-state index in [-0.39, 0.29) is 23.9 Å². The van der Waals surface area contributed by atoms with Crippen LogP contribution in [0.3, 0.4) is 0 Å². The molecule has 0 spiro atoms. The predicted molar refractivity (Wildman–Crippen MR) is 85.3 cm³/mol. The summed E-state index contributed by atoms with van der Waals surface area (Å²) in [6.07, 6.45) is 0.586. The Labute approximate surface area is 138 Å². The van der Waals surface area contributed by atoms with Crippen LogP contribution in [-0.4, -0.2) is 29.3 Å². The van der Waals surface area contributed by atoms with E-state index in [2.05, 4.69) is 5.32 Å². The number of nitrogens with one attached hydrogen (secondary N) is 1. The van der Waals surface area contributed by atoms with Gasteiger partial charge in [0.2, 0.25) is 5.91 Å². The van der Waals surface area contributed by atoms with Crippen molar-refractivity contribution in [2.75, 3.05) is 11.9 Å². The van der Waals surface area contributed by atoms with Crippen molar-refractivity contribution in [1.82, 2.24) is 4.90 Å². The lowest BCUT2D eigenvalue weighted by Gasteiger charge is -2.16. The fourth-order valence-electron chi connectivity index (χ4n) is 2.70. The van der Waals surface area contributed by atoms with Crippen LogP contribution in [0.1, 0.15) is 12.0 Å². The average molecular weight is 330 g/mol. The van der Waals surface area contributed by atoms with Crippen LogP contribution in [0.5, 0.6) is 0 Å². The van der Waals surface area contributed by atoms with Crippen LogP contribution >= 0.6 is 0 Å². The molecular weight excluding hydrogens is 314 g/mol. The van der Waals surface area contributed by atoms with Gasteiger partial charge in [-0.2, -0.15) is 0 Å². The van der Waals surface area contributed by atoms with Gasteiger partial charge in [0.15, 0.2) is 11.6 Å². The molecule has 1 fully saturated rings. The molecule has 2 aromatic rings. The third-order valence-electron chi connectivity index (χ3n) is 3.97. The molecule has 24 heavy (non-hydrogen) atoms. The Morgan fingerprint density at radius 1 is 1.04 bits per heavy atom. The van der Waals surface area contributed by atoms with Gasteiger partial charge in [-0.3, -0.25) is 14.5 Å². The molecule has 1 N–H and O–H groups in total. The minimum absolute atomic E-state index is 0.00657. The number of imide groups is 1. The van der Waals surface area contributed by atoms with E-state index < -0.39 is 17.7 Å². The smallest absolute Gasteiger partial charge is 0.252 e. The second-order valence-electron chi connectivity index (χ2n) is 5.65. The highest BCUT2D eigenvalue weighted by molar-refractivity contribution is 6.06. The summed E-state index contributed by atoms with van der Waals surface area (Å²) in [6.45, 7) is 0.303. The molecule has 1 atom stereocenters. The number of halogens is 2. The molecule has 6 heteroatoms. The van der Waals surface area contributed by atoms with Crippen molar-refractivity contribution in [1.29, 1.82) is 0 Å². The molecule has 0 unspecified atom stereocenters. The van der Waals surface area contributed by atoms with E-state index in [9.17, 15) is 18.4 Å². The van der Waals surface area contributed by atoms with Crippen LogP contribution in [0.15, 0.2) is 48.5 Å². The van der Waals surface area contributed by atoms with Crippen molar-refractivity contribution in [3.63, 3.8) is 0 Å². The van der Waals surface area contributed by atoms with E-state index in [1.165, 1.54) is 11.0 Å². The molecule has 0 bridgehead atoms. The lowest BCUT2D eigenvalue weighted by Crippen LogP contribution is -2.36. The van der Waals surface area contributed by atoms with Crippen molar-refractivity contribution >= 4 is 17.5 Å².